The number of carbonyl (C=O) groups is 1. The highest BCUT2D eigenvalue weighted by Crippen LogP contribution is 2.40. The van der Waals surface area contributed by atoms with E-state index in [0.717, 1.165) is 12.1 Å². The average molecular weight is 464 g/mol. The van der Waals surface area contributed by atoms with Gasteiger partial charge in [-0.2, -0.15) is 4.31 Å². The first-order chi connectivity index (χ1) is 15.1. The monoisotopic (exact) mass is 463 g/mol. The number of hydrogen-bond donors (Lipinski definition) is 1. The second kappa shape index (κ2) is 8.65. The number of Topliss-reactive ketones (excluding diaryl/α,β-unsaturated/α-hetero) is 1. The molecule has 32 heavy (non-hydrogen) atoms. The van der Waals surface area contributed by atoms with Crippen molar-refractivity contribution in [3.8, 4) is 0 Å². The van der Waals surface area contributed by atoms with Gasteiger partial charge in [-0.25, -0.2) is 17.2 Å². The molecule has 2 aromatic rings. The topological polar surface area (TPSA) is 74.7 Å². The van der Waals surface area contributed by atoms with Crippen LogP contribution in [-0.4, -0.2) is 29.7 Å². The molecule has 1 saturated heterocycles. The third-order valence-corrected chi connectivity index (χ3v) is 9.16. The summed E-state index contributed by atoms with van der Waals surface area (Å²) in [7, 11) is -3.79. The lowest BCUT2D eigenvalue weighted by molar-refractivity contribution is -0.125. The first kappa shape index (κ1) is 23.0. The summed E-state index contributed by atoms with van der Waals surface area (Å²) < 4.78 is 57.9. The smallest absolute Gasteiger partial charge is 0.221 e. The van der Waals surface area contributed by atoms with E-state index in [2.05, 4.69) is 0 Å². The summed E-state index contributed by atoms with van der Waals surface area (Å²) in [6.45, 7) is 1.48. The maximum absolute atomic E-state index is 15.0. The molecule has 2 atom stereocenters. The molecule has 2 aliphatic rings. The van der Waals surface area contributed by atoms with E-state index in [1.807, 2.05) is 6.07 Å². The van der Waals surface area contributed by atoms with Crippen molar-refractivity contribution in [1.29, 1.82) is 0 Å². The number of sulfonamides is 1. The fourth-order valence-electron chi connectivity index (χ4n) is 4.80. The second-order valence-corrected chi connectivity index (χ2v) is 11.0. The molecule has 1 saturated carbocycles. The molecule has 0 unspecified atom stereocenters. The number of rotatable bonds is 4. The Hall–Kier alpha value is -2.16. The van der Waals surface area contributed by atoms with Gasteiger partial charge in [0.2, 0.25) is 10.0 Å². The number of hydrogen-bond acceptors (Lipinski definition) is 4. The molecule has 2 aromatic carbocycles. The number of aliphatic hydroxyl groups is 1. The van der Waals surface area contributed by atoms with Gasteiger partial charge in [-0.1, -0.05) is 30.3 Å². The lowest BCUT2D eigenvalue weighted by Gasteiger charge is -2.37. The molecule has 5 nitrogen and oxygen atoms in total. The Bertz CT molecular complexity index is 1110. The summed E-state index contributed by atoms with van der Waals surface area (Å²) in [6, 6.07) is 10.5. The molecule has 1 heterocycles. The normalized spacial score (nSPS) is 25.6. The van der Waals surface area contributed by atoms with Crippen LogP contribution in [0.1, 0.15) is 67.4 Å². The lowest BCUT2D eigenvalue weighted by Crippen LogP contribution is -2.45. The van der Waals surface area contributed by atoms with Crippen LogP contribution in [0, 0.1) is 11.6 Å². The molecular formula is C24H27F2NO4S. The van der Waals surface area contributed by atoms with Crippen molar-refractivity contribution < 1.29 is 27.1 Å². The van der Waals surface area contributed by atoms with Gasteiger partial charge >= 0.3 is 0 Å². The minimum Gasteiger partial charge on any atom is -0.385 e. The lowest BCUT2D eigenvalue weighted by atomic mass is 9.78. The minimum atomic E-state index is -3.79. The van der Waals surface area contributed by atoms with Crippen molar-refractivity contribution in [3.63, 3.8) is 0 Å². The Morgan fingerprint density at radius 3 is 2.38 bits per heavy atom. The molecule has 8 heteroatoms. The van der Waals surface area contributed by atoms with Crippen molar-refractivity contribution in [2.24, 2.45) is 0 Å². The molecule has 2 fully saturated rings. The zero-order valence-electron chi connectivity index (χ0n) is 17.9. The van der Waals surface area contributed by atoms with Crippen LogP contribution in [0.4, 0.5) is 8.78 Å². The van der Waals surface area contributed by atoms with Gasteiger partial charge in [-0.05, 0) is 50.3 Å². The van der Waals surface area contributed by atoms with Crippen LogP contribution < -0.4 is 0 Å². The van der Waals surface area contributed by atoms with Crippen LogP contribution in [0.5, 0.6) is 0 Å². The maximum Gasteiger partial charge on any atom is 0.221 e. The second-order valence-electron chi connectivity index (χ2n) is 8.91. The predicted octanol–water partition coefficient (Wildman–Crippen LogP) is 4.35. The van der Waals surface area contributed by atoms with E-state index in [9.17, 15) is 22.7 Å². The van der Waals surface area contributed by atoms with E-state index >= 15 is 4.39 Å². The van der Waals surface area contributed by atoms with Gasteiger partial charge < -0.3 is 5.11 Å². The van der Waals surface area contributed by atoms with Crippen molar-refractivity contribution in [1.82, 2.24) is 4.31 Å². The molecule has 1 N–H and O–H groups in total. The van der Waals surface area contributed by atoms with Gasteiger partial charge in [0.15, 0.2) is 0 Å². The van der Waals surface area contributed by atoms with Gasteiger partial charge in [-0.3, -0.25) is 4.79 Å². The van der Waals surface area contributed by atoms with Crippen LogP contribution in [0.3, 0.4) is 0 Å². The number of ketones is 1. The summed E-state index contributed by atoms with van der Waals surface area (Å²) in [5.74, 6) is -1.57. The molecule has 0 spiro atoms. The van der Waals surface area contributed by atoms with Crippen molar-refractivity contribution in [2.45, 2.75) is 68.9 Å². The Balaban J connectivity index is 1.63. The van der Waals surface area contributed by atoms with E-state index in [4.69, 9.17) is 0 Å². The number of halogens is 2. The molecule has 0 amide bonds. The van der Waals surface area contributed by atoms with Gasteiger partial charge in [0.25, 0.3) is 0 Å². The summed E-state index contributed by atoms with van der Waals surface area (Å²) in [5.41, 5.74) is -1.17. The Kier molecular flexibility index (Phi) is 6.22. The number of carbonyl (C=O) groups excluding carboxylic acids is 1. The van der Waals surface area contributed by atoms with Crippen LogP contribution in [-0.2, 0) is 27.0 Å². The summed E-state index contributed by atoms with van der Waals surface area (Å²) in [4.78, 5) is 11.5. The molecule has 4 rings (SSSR count). The van der Waals surface area contributed by atoms with E-state index in [1.54, 1.807) is 31.2 Å². The SMILES string of the molecule is C[C@H]1CC[C@H](c2ccccc2)S(=O)(=O)N1Cc1cc(F)c(C2(O)CCC(=O)CC2)cc1F. The van der Waals surface area contributed by atoms with E-state index in [0.29, 0.717) is 18.4 Å². The van der Waals surface area contributed by atoms with Crippen molar-refractivity contribution >= 4 is 15.8 Å². The van der Waals surface area contributed by atoms with Crippen molar-refractivity contribution in [2.75, 3.05) is 0 Å². The highest BCUT2D eigenvalue weighted by molar-refractivity contribution is 7.89. The first-order valence-electron chi connectivity index (χ1n) is 10.9. The third kappa shape index (κ3) is 4.23. The van der Waals surface area contributed by atoms with Gasteiger partial charge in [0.1, 0.15) is 22.7 Å². The fraction of sp³-hybridized carbons (Fsp3) is 0.458. The molecule has 0 aromatic heterocycles. The molecule has 0 radical (unpaired) electrons. The minimum absolute atomic E-state index is 0.00978. The number of nitrogens with zero attached hydrogens (tertiary/aromatic N) is 1. The molecule has 1 aliphatic carbocycles. The Morgan fingerprint density at radius 1 is 1.06 bits per heavy atom. The predicted molar refractivity (Wildman–Crippen MR) is 116 cm³/mol. The molecule has 1 aliphatic heterocycles. The standard InChI is InChI=1S/C24H27F2NO4S/c1-16-7-8-23(17-5-3-2-4-6-17)32(30,31)27(16)15-18-13-22(26)20(14-21(18)25)24(29)11-9-19(28)10-12-24/h2-6,13-14,16,23,29H,7-12,15H2,1H3/t16-,23+/m0/s1. The van der Waals surface area contributed by atoms with Crippen LogP contribution in [0.2, 0.25) is 0 Å². The van der Waals surface area contributed by atoms with Gasteiger partial charge in [0.05, 0.1) is 5.60 Å². The highest BCUT2D eigenvalue weighted by Gasteiger charge is 2.41. The van der Waals surface area contributed by atoms with Gasteiger partial charge in [-0.15, -0.1) is 0 Å². The fourth-order valence-corrected chi connectivity index (χ4v) is 6.99. The summed E-state index contributed by atoms with van der Waals surface area (Å²) in [6.07, 6.45) is 1.38. The Labute approximate surface area is 187 Å². The number of benzene rings is 2. The van der Waals surface area contributed by atoms with E-state index in [-0.39, 0.29) is 55.2 Å². The van der Waals surface area contributed by atoms with Crippen LogP contribution in [0.25, 0.3) is 0 Å². The molecular weight excluding hydrogens is 436 g/mol. The van der Waals surface area contributed by atoms with Gasteiger partial charge in [0, 0.05) is 36.6 Å². The average Bonchev–Trinajstić information content (AvgIpc) is 2.76. The quantitative estimate of drug-likeness (QED) is 0.732. The Morgan fingerprint density at radius 2 is 1.72 bits per heavy atom. The third-order valence-electron chi connectivity index (χ3n) is 6.79. The molecule has 172 valence electrons. The maximum atomic E-state index is 15.0. The highest BCUT2D eigenvalue weighted by atomic mass is 32.2. The van der Waals surface area contributed by atoms with E-state index in [1.165, 1.54) is 4.31 Å². The zero-order chi connectivity index (χ0) is 23.1. The first-order valence-corrected chi connectivity index (χ1v) is 12.4. The zero-order valence-corrected chi connectivity index (χ0v) is 18.7. The summed E-state index contributed by atoms with van der Waals surface area (Å²) >= 11 is 0. The van der Waals surface area contributed by atoms with Crippen molar-refractivity contribution in [3.05, 3.63) is 70.8 Å². The largest absolute Gasteiger partial charge is 0.385 e. The van der Waals surface area contributed by atoms with E-state index < -0.39 is 32.5 Å². The summed E-state index contributed by atoms with van der Waals surface area (Å²) in [5, 5.41) is 10.1. The van der Waals surface area contributed by atoms with Crippen LogP contribution >= 0.6 is 0 Å². The van der Waals surface area contributed by atoms with Crippen LogP contribution in [0.15, 0.2) is 42.5 Å². The molecule has 0 bridgehead atoms.